The fourth-order valence-corrected chi connectivity index (χ4v) is 5.67. The normalized spacial score (nSPS) is 22.0. The van der Waals surface area contributed by atoms with Gasteiger partial charge in [0.15, 0.2) is 0 Å². The first-order chi connectivity index (χ1) is 16.8. The van der Waals surface area contributed by atoms with Gasteiger partial charge in [0.25, 0.3) is 0 Å². The monoisotopic (exact) mass is 499 g/mol. The minimum absolute atomic E-state index is 0.0454. The van der Waals surface area contributed by atoms with Gasteiger partial charge in [-0.15, -0.1) is 0 Å². The number of methoxy groups -OCH3 is 2. The van der Waals surface area contributed by atoms with E-state index in [1.807, 2.05) is 6.92 Å². The van der Waals surface area contributed by atoms with Crippen molar-refractivity contribution in [1.82, 2.24) is 10.2 Å². The summed E-state index contributed by atoms with van der Waals surface area (Å²) in [5.74, 6) is 0.706. The predicted molar refractivity (Wildman–Crippen MR) is 128 cm³/mol. The summed E-state index contributed by atoms with van der Waals surface area (Å²) in [6, 6.07) is 10.8. The molecule has 2 saturated heterocycles. The van der Waals surface area contributed by atoms with Crippen LogP contribution in [0.4, 0.5) is 0 Å². The lowest BCUT2D eigenvalue weighted by molar-refractivity contribution is -0.133. The van der Waals surface area contributed by atoms with Crippen LogP contribution in [0, 0.1) is 18.3 Å². The molecule has 2 fully saturated rings. The Morgan fingerprint density at radius 3 is 2.40 bits per heavy atom. The van der Waals surface area contributed by atoms with Crippen molar-refractivity contribution in [3.05, 3.63) is 47.5 Å². The molecule has 3 atom stereocenters. The third-order valence-electron chi connectivity index (χ3n) is 6.56. The highest BCUT2D eigenvalue weighted by atomic mass is 32.2. The van der Waals surface area contributed by atoms with E-state index in [1.54, 1.807) is 17.0 Å². The molecule has 2 heterocycles. The van der Waals surface area contributed by atoms with Crippen LogP contribution in [0.3, 0.4) is 0 Å². The first kappa shape index (κ1) is 24.8. The van der Waals surface area contributed by atoms with Crippen LogP contribution >= 0.6 is 0 Å². The van der Waals surface area contributed by atoms with Crippen molar-refractivity contribution in [1.29, 1.82) is 5.26 Å². The Labute approximate surface area is 205 Å². The fraction of sp³-hybridized carbons (Fsp3) is 0.440. The zero-order chi connectivity index (χ0) is 25.2. The van der Waals surface area contributed by atoms with Crippen molar-refractivity contribution in [2.45, 2.75) is 49.1 Å². The maximum absolute atomic E-state index is 13.0. The van der Waals surface area contributed by atoms with Gasteiger partial charge in [0.05, 0.1) is 26.3 Å². The number of rotatable bonds is 7. The highest BCUT2D eigenvalue weighted by Crippen LogP contribution is 2.43. The molecule has 2 aromatic carbocycles. The van der Waals surface area contributed by atoms with Gasteiger partial charge in [-0.1, -0.05) is 17.7 Å². The molecule has 35 heavy (non-hydrogen) atoms. The number of nitriles is 1. The molecule has 0 aromatic heterocycles. The van der Waals surface area contributed by atoms with E-state index in [2.05, 4.69) is 11.4 Å². The molecule has 0 aliphatic carbocycles. The van der Waals surface area contributed by atoms with Crippen molar-refractivity contribution >= 4 is 16.0 Å². The lowest BCUT2D eigenvalue weighted by Crippen LogP contribution is -2.45. The van der Waals surface area contributed by atoms with Crippen molar-refractivity contribution in [3.63, 3.8) is 0 Å². The molecule has 9 nitrogen and oxygen atoms in total. The number of carbonyl (C=O) groups is 1. The second-order valence-electron chi connectivity index (χ2n) is 8.80. The van der Waals surface area contributed by atoms with E-state index in [0.29, 0.717) is 37.4 Å². The third kappa shape index (κ3) is 5.06. The van der Waals surface area contributed by atoms with Crippen LogP contribution in [0.1, 0.15) is 36.3 Å². The highest BCUT2D eigenvalue weighted by molar-refractivity contribution is 7.87. The van der Waals surface area contributed by atoms with Gasteiger partial charge in [-0.2, -0.15) is 13.7 Å². The van der Waals surface area contributed by atoms with Gasteiger partial charge in [0.2, 0.25) is 5.91 Å². The Balaban J connectivity index is 1.57. The Morgan fingerprint density at radius 2 is 1.80 bits per heavy atom. The predicted octanol–water partition coefficient (Wildman–Crippen LogP) is 2.74. The van der Waals surface area contributed by atoms with E-state index in [0.717, 1.165) is 17.5 Å². The molecule has 4 rings (SSSR count). The second-order valence-corrected chi connectivity index (χ2v) is 10.4. The quantitative estimate of drug-likeness (QED) is 0.578. The van der Waals surface area contributed by atoms with Gasteiger partial charge in [0.1, 0.15) is 28.2 Å². The van der Waals surface area contributed by atoms with Crippen molar-refractivity contribution in [3.8, 4) is 23.3 Å². The zero-order valence-corrected chi connectivity index (χ0v) is 20.8. The molecule has 186 valence electrons. The standard InChI is InChI=1S/C25H29N3O6S/c1-16-6-8-20(9-7-16)35(30,31)34-19-12-22(32-2)24(23(13-19)33-3)17-11-21(27-15-17)25(29)28-10-4-5-18(28)14-26/h6-9,12-13,17-18,21,27H,4-5,10-11,15H2,1-3H3/t17-,18-,21-/m0/s1. The van der Waals surface area contributed by atoms with Gasteiger partial charge in [0, 0.05) is 36.7 Å². The van der Waals surface area contributed by atoms with Crippen LogP contribution in [0.5, 0.6) is 17.2 Å². The number of amides is 1. The fourth-order valence-electron chi connectivity index (χ4n) is 4.75. The molecule has 2 aliphatic heterocycles. The van der Waals surface area contributed by atoms with Gasteiger partial charge in [-0.05, 0) is 38.3 Å². The van der Waals surface area contributed by atoms with E-state index in [-0.39, 0.29) is 28.5 Å². The van der Waals surface area contributed by atoms with E-state index >= 15 is 0 Å². The smallest absolute Gasteiger partial charge is 0.339 e. The summed E-state index contributed by atoms with van der Waals surface area (Å²) in [6.45, 7) is 2.97. The summed E-state index contributed by atoms with van der Waals surface area (Å²) in [6.07, 6.45) is 2.03. The number of aryl methyl sites for hydroxylation is 1. The minimum atomic E-state index is -4.05. The van der Waals surface area contributed by atoms with Crippen molar-refractivity contribution < 1.29 is 26.9 Å². The minimum Gasteiger partial charge on any atom is -0.496 e. The summed E-state index contributed by atoms with van der Waals surface area (Å²) < 4.78 is 42.1. The summed E-state index contributed by atoms with van der Waals surface area (Å²) in [5, 5.41) is 12.6. The first-order valence-corrected chi connectivity index (χ1v) is 12.9. The van der Waals surface area contributed by atoms with Gasteiger partial charge >= 0.3 is 10.1 Å². The van der Waals surface area contributed by atoms with Crippen LogP contribution in [0.15, 0.2) is 41.3 Å². The van der Waals surface area contributed by atoms with E-state index in [9.17, 15) is 18.5 Å². The average Bonchev–Trinajstić information content (AvgIpc) is 3.53. The maximum atomic E-state index is 13.0. The van der Waals surface area contributed by atoms with Crippen LogP contribution in [0.25, 0.3) is 0 Å². The zero-order valence-electron chi connectivity index (χ0n) is 20.0. The molecule has 0 saturated carbocycles. The first-order valence-electron chi connectivity index (χ1n) is 11.5. The topological polar surface area (TPSA) is 118 Å². The molecular formula is C25H29N3O6S. The molecule has 0 spiro atoms. The van der Waals surface area contributed by atoms with Crippen LogP contribution < -0.4 is 19.0 Å². The molecule has 1 N–H and O–H groups in total. The Kier molecular flexibility index (Phi) is 7.19. The van der Waals surface area contributed by atoms with Gasteiger partial charge in [-0.25, -0.2) is 0 Å². The molecular weight excluding hydrogens is 470 g/mol. The largest absolute Gasteiger partial charge is 0.496 e. The number of hydrogen-bond acceptors (Lipinski definition) is 8. The lowest BCUT2D eigenvalue weighted by atomic mass is 9.93. The molecule has 2 aromatic rings. The number of benzene rings is 2. The van der Waals surface area contributed by atoms with Gasteiger partial charge < -0.3 is 23.9 Å². The van der Waals surface area contributed by atoms with Crippen molar-refractivity contribution in [2.24, 2.45) is 0 Å². The summed E-state index contributed by atoms with van der Waals surface area (Å²) in [7, 11) is -1.07. The molecule has 0 unspecified atom stereocenters. The maximum Gasteiger partial charge on any atom is 0.339 e. The number of carbonyl (C=O) groups excluding carboxylic acids is 1. The molecule has 0 bridgehead atoms. The Bertz CT molecular complexity index is 1210. The average molecular weight is 500 g/mol. The third-order valence-corrected chi connectivity index (χ3v) is 7.82. The van der Waals surface area contributed by atoms with E-state index in [1.165, 1.54) is 38.5 Å². The molecule has 1 amide bonds. The molecule has 0 radical (unpaired) electrons. The second kappa shape index (κ2) is 10.1. The van der Waals surface area contributed by atoms with Crippen LogP contribution in [-0.4, -0.2) is 58.6 Å². The van der Waals surface area contributed by atoms with Gasteiger partial charge in [-0.3, -0.25) is 4.79 Å². The van der Waals surface area contributed by atoms with E-state index in [4.69, 9.17) is 13.7 Å². The number of hydrogen-bond donors (Lipinski definition) is 1. The van der Waals surface area contributed by atoms with Crippen LogP contribution in [0.2, 0.25) is 0 Å². The molecule has 10 heteroatoms. The van der Waals surface area contributed by atoms with Crippen LogP contribution in [-0.2, 0) is 14.9 Å². The van der Waals surface area contributed by atoms with E-state index < -0.39 is 16.2 Å². The lowest BCUT2D eigenvalue weighted by Gasteiger charge is -2.23. The highest BCUT2D eigenvalue weighted by Gasteiger charge is 2.39. The Morgan fingerprint density at radius 1 is 1.14 bits per heavy atom. The van der Waals surface area contributed by atoms with Crippen molar-refractivity contribution in [2.75, 3.05) is 27.3 Å². The summed E-state index contributed by atoms with van der Waals surface area (Å²) >= 11 is 0. The summed E-state index contributed by atoms with van der Waals surface area (Å²) in [5.41, 5.74) is 1.67. The number of ether oxygens (including phenoxy) is 2. The molecule has 2 aliphatic rings. The Hall–Kier alpha value is -3.29. The number of likely N-dealkylation sites (tertiary alicyclic amines) is 1. The number of nitrogens with zero attached hydrogens (tertiary/aromatic N) is 2. The SMILES string of the molecule is COc1cc(OS(=O)(=O)c2ccc(C)cc2)cc(OC)c1[C@@H]1CN[C@H](C(=O)N2CCC[C@H]2C#N)C1. The summed E-state index contributed by atoms with van der Waals surface area (Å²) in [4.78, 5) is 14.7. The number of nitrogens with one attached hydrogen (secondary N) is 1.